The first kappa shape index (κ1) is 22.8. The molecule has 188 valence electrons. The van der Waals surface area contributed by atoms with Crippen LogP contribution in [0, 0.1) is 12.7 Å². The summed E-state index contributed by atoms with van der Waals surface area (Å²) in [6, 6.07) is 4.95. The van der Waals surface area contributed by atoms with Crippen molar-refractivity contribution in [3.8, 4) is 0 Å². The number of halogens is 2. The molecule has 4 aromatic heterocycles. The highest BCUT2D eigenvalue weighted by Gasteiger charge is 2.51. The second-order valence-electron chi connectivity index (χ2n) is 10.2. The Labute approximate surface area is 216 Å². The highest BCUT2D eigenvalue weighted by atomic mass is 35.5. The number of ether oxygens (including phenoxy) is 2. The Morgan fingerprint density at radius 2 is 1.95 bits per heavy atom. The number of nitrogens with zero attached hydrogens (tertiary/aromatic N) is 6. The molecule has 7 rings (SSSR count). The minimum atomic E-state index is -0.727. The first-order valence-corrected chi connectivity index (χ1v) is 12.6. The van der Waals surface area contributed by atoms with E-state index in [1.807, 2.05) is 42.1 Å². The van der Waals surface area contributed by atoms with E-state index in [4.69, 9.17) is 21.1 Å². The lowest BCUT2D eigenvalue weighted by atomic mass is 10.0. The minimum Gasteiger partial charge on any atom is -0.342 e. The van der Waals surface area contributed by atoms with Crippen molar-refractivity contribution in [3.63, 3.8) is 0 Å². The molecule has 0 radical (unpaired) electrons. The molecule has 0 amide bonds. The maximum Gasteiger partial charge on any atom is 0.164 e. The Morgan fingerprint density at radius 1 is 1.08 bits per heavy atom. The summed E-state index contributed by atoms with van der Waals surface area (Å²) in [6.07, 6.45) is 10.2. The SMILES string of the molecule is Cc1nc2cc(CCC3=C[C@@H](n4ncc5c4ncn4ccnc54)[C@@H]4OC(C)(C)O[C@H]34)cc(F)c2cc1Cl. The van der Waals surface area contributed by atoms with Gasteiger partial charge >= 0.3 is 0 Å². The first-order chi connectivity index (χ1) is 17.8. The van der Waals surface area contributed by atoms with Gasteiger partial charge in [-0.15, -0.1) is 0 Å². The van der Waals surface area contributed by atoms with Crippen LogP contribution < -0.4 is 0 Å². The largest absolute Gasteiger partial charge is 0.342 e. The van der Waals surface area contributed by atoms with Crippen LogP contribution in [0.25, 0.3) is 27.6 Å². The van der Waals surface area contributed by atoms with Crippen LogP contribution in [0.2, 0.25) is 5.02 Å². The monoisotopic (exact) mass is 518 g/mol. The van der Waals surface area contributed by atoms with Crippen molar-refractivity contribution in [2.24, 2.45) is 0 Å². The summed E-state index contributed by atoms with van der Waals surface area (Å²) < 4.78 is 31.3. The molecule has 5 heterocycles. The van der Waals surface area contributed by atoms with Crippen LogP contribution in [0.4, 0.5) is 4.39 Å². The van der Waals surface area contributed by atoms with E-state index in [1.165, 1.54) is 0 Å². The summed E-state index contributed by atoms with van der Waals surface area (Å²) in [5.74, 6) is -1.05. The molecule has 0 unspecified atom stereocenters. The molecule has 0 spiro atoms. The molecule has 37 heavy (non-hydrogen) atoms. The van der Waals surface area contributed by atoms with E-state index < -0.39 is 5.79 Å². The van der Waals surface area contributed by atoms with Gasteiger partial charge in [0.2, 0.25) is 0 Å². The number of hydrogen-bond acceptors (Lipinski definition) is 6. The summed E-state index contributed by atoms with van der Waals surface area (Å²) in [5.41, 5.74) is 4.81. The lowest BCUT2D eigenvalue weighted by Crippen LogP contribution is -2.28. The topological polar surface area (TPSA) is 79.4 Å². The van der Waals surface area contributed by atoms with E-state index in [-0.39, 0.29) is 24.1 Å². The standard InChI is InChI=1S/C27H24ClFN6O2/c1-14-19(28)11-17-20(29)8-15(9-21(17)33-14)4-5-16-10-22(24-23(16)36-27(2,3)37-24)35-26-18(12-32-35)25-30-6-7-34(25)13-31-26/h6-13,22-24H,4-5H2,1-3H3/t22-,23-,24+/m1/s1. The van der Waals surface area contributed by atoms with Crippen LogP contribution >= 0.6 is 11.6 Å². The molecular weight excluding hydrogens is 495 g/mol. The van der Waals surface area contributed by atoms with Crippen LogP contribution in [0.5, 0.6) is 0 Å². The molecule has 10 heteroatoms. The third kappa shape index (κ3) is 3.64. The van der Waals surface area contributed by atoms with E-state index in [1.54, 1.807) is 30.9 Å². The maximum atomic E-state index is 14.9. The van der Waals surface area contributed by atoms with Crippen LogP contribution in [-0.4, -0.2) is 47.1 Å². The molecule has 1 aliphatic heterocycles. The first-order valence-electron chi connectivity index (χ1n) is 12.2. The molecule has 0 saturated carbocycles. The van der Waals surface area contributed by atoms with Crippen molar-refractivity contribution in [2.45, 2.75) is 57.6 Å². The lowest BCUT2D eigenvalue weighted by molar-refractivity contribution is -0.148. The van der Waals surface area contributed by atoms with Crippen molar-refractivity contribution >= 4 is 39.2 Å². The predicted molar refractivity (Wildman–Crippen MR) is 137 cm³/mol. The smallest absolute Gasteiger partial charge is 0.164 e. The third-order valence-corrected chi connectivity index (χ3v) is 7.64. The highest BCUT2D eigenvalue weighted by molar-refractivity contribution is 6.31. The average molecular weight is 519 g/mol. The lowest BCUT2D eigenvalue weighted by Gasteiger charge is -2.21. The zero-order valence-electron chi connectivity index (χ0n) is 20.5. The van der Waals surface area contributed by atoms with Gasteiger partial charge in [-0.2, -0.15) is 5.10 Å². The van der Waals surface area contributed by atoms with Crippen molar-refractivity contribution < 1.29 is 13.9 Å². The number of imidazole rings is 1. The molecule has 3 atom stereocenters. The van der Waals surface area contributed by atoms with Gasteiger partial charge in [-0.25, -0.2) is 19.0 Å². The van der Waals surface area contributed by atoms with Gasteiger partial charge in [-0.05, 0) is 62.9 Å². The van der Waals surface area contributed by atoms with Crippen molar-refractivity contribution in [1.29, 1.82) is 0 Å². The summed E-state index contributed by atoms with van der Waals surface area (Å²) in [7, 11) is 0. The molecule has 0 bridgehead atoms. The highest BCUT2D eigenvalue weighted by Crippen LogP contribution is 2.45. The average Bonchev–Trinajstić information content (AvgIpc) is 3.61. The van der Waals surface area contributed by atoms with Gasteiger partial charge in [0.25, 0.3) is 0 Å². The van der Waals surface area contributed by atoms with E-state index >= 15 is 0 Å². The number of rotatable bonds is 4. The second kappa shape index (κ2) is 8.05. The molecular formula is C27H24ClFN6O2. The number of pyridine rings is 1. The number of hydrogen-bond donors (Lipinski definition) is 0. The fourth-order valence-electron chi connectivity index (χ4n) is 5.55. The number of aromatic nitrogens is 6. The quantitative estimate of drug-likeness (QED) is 0.298. The summed E-state index contributed by atoms with van der Waals surface area (Å²) >= 11 is 6.16. The zero-order valence-corrected chi connectivity index (χ0v) is 21.3. The number of benzene rings is 1. The third-order valence-electron chi connectivity index (χ3n) is 7.26. The van der Waals surface area contributed by atoms with Gasteiger partial charge in [0.15, 0.2) is 17.1 Å². The van der Waals surface area contributed by atoms with Crippen molar-refractivity contribution in [1.82, 2.24) is 29.1 Å². The molecule has 1 aliphatic carbocycles. The van der Waals surface area contributed by atoms with E-state index in [0.717, 1.165) is 27.8 Å². The summed E-state index contributed by atoms with van der Waals surface area (Å²) in [4.78, 5) is 13.6. The molecule has 1 fully saturated rings. The Kier molecular flexibility index (Phi) is 4.95. The van der Waals surface area contributed by atoms with Gasteiger partial charge in [0, 0.05) is 17.8 Å². The van der Waals surface area contributed by atoms with Crippen LogP contribution in [-0.2, 0) is 15.9 Å². The minimum absolute atomic E-state index is 0.191. The molecule has 1 saturated heterocycles. The van der Waals surface area contributed by atoms with Gasteiger partial charge < -0.3 is 9.47 Å². The molecule has 8 nitrogen and oxygen atoms in total. The van der Waals surface area contributed by atoms with Crippen LogP contribution in [0.1, 0.15) is 37.6 Å². The Balaban J connectivity index is 1.23. The fraction of sp³-hybridized carbons (Fsp3) is 0.333. The Bertz CT molecular complexity index is 1740. The molecule has 2 aliphatic rings. The zero-order chi connectivity index (χ0) is 25.5. The molecule has 1 aromatic carbocycles. The van der Waals surface area contributed by atoms with Gasteiger partial charge in [0.1, 0.15) is 30.4 Å². The maximum absolute atomic E-state index is 14.9. The molecule has 5 aromatic rings. The summed E-state index contributed by atoms with van der Waals surface area (Å²) in [5, 5.41) is 6.44. The van der Waals surface area contributed by atoms with E-state index in [9.17, 15) is 4.39 Å². The van der Waals surface area contributed by atoms with E-state index in [2.05, 4.69) is 26.1 Å². The van der Waals surface area contributed by atoms with Gasteiger partial charge in [-0.3, -0.25) is 9.38 Å². The van der Waals surface area contributed by atoms with Crippen molar-refractivity contribution in [2.75, 3.05) is 0 Å². The van der Waals surface area contributed by atoms with Gasteiger partial charge in [-0.1, -0.05) is 17.7 Å². The molecule has 0 N–H and O–H groups in total. The number of aryl methyl sites for hydroxylation is 2. The van der Waals surface area contributed by atoms with E-state index in [0.29, 0.717) is 34.5 Å². The predicted octanol–water partition coefficient (Wildman–Crippen LogP) is 5.36. The van der Waals surface area contributed by atoms with Gasteiger partial charge in [0.05, 0.1) is 27.8 Å². The Morgan fingerprint density at radius 3 is 2.81 bits per heavy atom. The number of fused-ring (bicyclic) bond motifs is 5. The summed E-state index contributed by atoms with van der Waals surface area (Å²) in [6.45, 7) is 5.66. The second-order valence-corrected chi connectivity index (χ2v) is 10.6. The Hall–Kier alpha value is -3.40. The van der Waals surface area contributed by atoms with Crippen LogP contribution in [0.3, 0.4) is 0 Å². The normalized spacial score (nSPS) is 22.8. The van der Waals surface area contributed by atoms with Crippen LogP contribution in [0.15, 0.2) is 54.8 Å². The van der Waals surface area contributed by atoms with Crippen molar-refractivity contribution in [3.05, 3.63) is 76.9 Å². The fourth-order valence-corrected chi connectivity index (χ4v) is 5.70.